The summed E-state index contributed by atoms with van der Waals surface area (Å²) in [6.07, 6.45) is 9.74. The average Bonchev–Trinajstić information content (AvgIpc) is 3.05. The molecule has 1 aliphatic rings. The van der Waals surface area contributed by atoms with Gasteiger partial charge in [-0.2, -0.15) is 0 Å². The Morgan fingerprint density at radius 1 is 1.53 bits per heavy atom. The van der Waals surface area contributed by atoms with Gasteiger partial charge in [0.25, 0.3) is 0 Å². The Morgan fingerprint density at radius 2 is 2.32 bits per heavy atom. The number of carbonyl (C=O) groups is 1. The lowest BCUT2D eigenvalue weighted by molar-refractivity contribution is -0.117. The van der Waals surface area contributed by atoms with Crippen molar-refractivity contribution in [1.82, 2.24) is 14.7 Å². The first-order chi connectivity index (χ1) is 9.24. The smallest absolute Gasteiger partial charge is 0.244 e. The topological polar surface area (TPSA) is 46.4 Å². The van der Waals surface area contributed by atoms with Crippen molar-refractivity contribution < 1.29 is 4.79 Å². The van der Waals surface area contributed by atoms with E-state index in [1.54, 1.807) is 6.08 Å². The van der Waals surface area contributed by atoms with Crippen LogP contribution in [0.15, 0.2) is 17.7 Å². The van der Waals surface area contributed by atoms with Gasteiger partial charge in [-0.15, -0.1) is 11.3 Å². The van der Waals surface area contributed by atoms with Crippen LogP contribution in [0, 0.1) is 0 Å². The van der Waals surface area contributed by atoms with Gasteiger partial charge in [0.1, 0.15) is 0 Å². The Kier molecular flexibility index (Phi) is 3.57. The van der Waals surface area contributed by atoms with Crippen molar-refractivity contribution in [1.29, 1.82) is 0 Å². The predicted molar refractivity (Wildman–Crippen MR) is 77.5 cm³/mol. The van der Waals surface area contributed by atoms with Gasteiger partial charge in [0, 0.05) is 23.7 Å². The zero-order valence-electron chi connectivity index (χ0n) is 10.3. The molecule has 1 fully saturated rings. The highest BCUT2D eigenvalue weighted by Crippen LogP contribution is 2.22. The maximum absolute atomic E-state index is 11.8. The molecular formula is C13H14ClN3OS. The van der Waals surface area contributed by atoms with E-state index in [4.69, 9.17) is 11.6 Å². The van der Waals surface area contributed by atoms with Crippen LogP contribution in [-0.4, -0.2) is 21.3 Å². The minimum Gasteiger partial charge on any atom is -0.350 e. The number of nitrogens with one attached hydrogen (secondary N) is 1. The Balaban J connectivity index is 1.72. The normalized spacial score (nSPS) is 16.7. The van der Waals surface area contributed by atoms with Crippen LogP contribution in [0.3, 0.4) is 0 Å². The lowest BCUT2D eigenvalue weighted by Crippen LogP contribution is -2.30. The third-order valence-corrected chi connectivity index (χ3v) is 4.38. The number of hydrogen-bond donors (Lipinski definition) is 1. The SMILES string of the molecule is O=C(/C=C/c1c(Cl)nc2sccn12)NC1CCCC1. The standard InChI is InChI=1S/C13H14ClN3OS/c14-12-10(17-7-8-19-13(17)16-12)5-6-11(18)15-9-3-1-2-4-9/h5-9H,1-4H2,(H,15,18)/b6-5+. The van der Waals surface area contributed by atoms with Gasteiger partial charge in [-0.1, -0.05) is 24.4 Å². The van der Waals surface area contributed by atoms with Crippen LogP contribution < -0.4 is 5.32 Å². The molecular weight excluding hydrogens is 282 g/mol. The van der Waals surface area contributed by atoms with Gasteiger partial charge in [0.15, 0.2) is 10.1 Å². The van der Waals surface area contributed by atoms with E-state index in [0.29, 0.717) is 11.2 Å². The van der Waals surface area contributed by atoms with Crippen LogP contribution in [0.5, 0.6) is 0 Å². The molecule has 3 rings (SSSR count). The van der Waals surface area contributed by atoms with Crippen molar-refractivity contribution in [2.45, 2.75) is 31.7 Å². The van der Waals surface area contributed by atoms with Gasteiger partial charge in [-0.3, -0.25) is 9.20 Å². The van der Waals surface area contributed by atoms with Gasteiger partial charge in [-0.05, 0) is 18.9 Å². The van der Waals surface area contributed by atoms with Crippen LogP contribution in [0.2, 0.25) is 5.15 Å². The molecule has 0 radical (unpaired) electrons. The Hall–Kier alpha value is -1.33. The zero-order valence-corrected chi connectivity index (χ0v) is 11.9. The summed E-state index contributed by atoms with van der Waals surface area (Å²) >= 11 is 7.57. The molecule has 0 saturated heterocycles. The zero-order chi connectivity index (χ0) is 13.2. The first-order valence-corrected chi connectivity index (χ1v) is 7.59. The molecule has 6 heteroatoms. The number of rotatable bonds is 3. The van der Waals surface area contributed by atoms with Crippen molar-refractivity contribution >= 4 is 39.9 Å². The number of fused-ring (bicyclic) bond motifs is 1. The van der Waals surface area contributed by atoms with E-state index in [9.17, 15) is 4.79 Å². The number of carbonyl (C=O) groups excluding carboxylic acids is 1. The number of nitrogens with zero attached hydrogens (tertiary/aromatic N) is 2. The van der Waals surface area contributed by atoms with Crippen LogP contribution in [0.1, 0.15) is 31.4 Å². The maximum atomic E-state index is 11.8. The minimum atomic E-state index is -0.0619. The molecule has 19 heavy (non-hydrogen) atoms. The number of aromatic nitrogens is 2. The van der Waals surface area contributed by atoms with E-state index in [1.807, 2.05) is 16.0 Å². The van der Waals surface area contributed by atoms with Crippen molar-refractivity contribution in [3.8, 4) is 0 Å². The minimum absolute atomic E-state index is 0.0619. The molecule has 1 N–H and O–H groups in total. The van der Waals surface area contributed by atoms with Crippen LogP contribution in [0.4, 0.5) is 0 Å². The molecule has 1 amide bonds. The second-order valence-corrected chi connectivity index (χ2v) is 5.90. The third-order valence-electron chi connectivity index (χ3n) is 3.35. The summed E-state index contributed by atoms with van der Waals surface area (Å²) in [6.45, 7) is 0. The third kappa shape index (κ3) is 2.67. The second-order valence-electron chi connectivity index (χ2n) is 4.67. The van der Waals surface area contributed by atoms with E-state index in [1.165, 1.54) is 30.3 Å². The highest BCUT2D eigenvalue weighted by Gasteiger charge is 2.16. The van der Waals surface area contributed by atoms with Crippen LogP contribution >= 0.6 is 22.9 Å². The van der Waals surface area contributed by atoms with Crippen molar-refractivity contribution in [3.05, 3.63) is 28.5 Å². The maximum Gasteiger partial charge on any atom is 0.244 e. The van der Waals surface area contributed by atoms with Crippen molar-refractivity contribution in [3.63, 3.8) is 0 Å². The largest absolute Gasteiger partial charge is 0.350 e. The summed E-state index contributed by atoms with van der Waals surface area (Å²) in [6, 6.07) is 0.333. The molecule has 0 unspecified atom stereocenters. The Morgan fingerprint density at radius 3 is 3.11 bits per heavy atom. The summed E-state index contributed by atoms with van der Waals surface area (Å²) in [5.74, 6) is -0.0619. The van der Waals surface area contributed by atoms with Gasteiger partial charge in [0.2, 0.25) is 5.91 Å². The van der Waals surface area contributed by atoms with Crippen molar-refractivity contribution in [2.75, 3.05) is 0 Å². The van der Waals surface area contributed by atoms with E-state index in [0.717, 1.165) is 23.5 Å². The Bertz CT molecular complexity index is 625. The molecule has 2 heterocycles. The molecule has 1 aliphatic carbocycles. The number of amides is 1. The lowest BCUT2D eigenvalue weighted by Gasteiger charge is -2.08. The van der Waals surface area contributed by atoms with E-state index in [-0.39, 0.29) is 5.91 Å². The molecule has 0 spiro atoms. The number of halogens is 1. The summed E-state index contributed by atoms with van der Waals surface area (Å²) in [5, 5.41) is 5.37. The molecule has 0 aliphatic heterocycles. The second kappa shape index (κ2) is 5.35. The molecule has 4 nitrogen and oxygen atoms in total. The molecule has 100 valence electrons. The average molecular weight is 296 g/mol. The quantitative estimate of drug-likeness (QED) is 0.884. The summed E-state index contributed by atoms with van der Waals surface area (Å²) in [5.41, 5.74) is 0.750. The van der Waals surface area contributed by atoms with Crippen molar-refractivity contribution in [2.24, 2.45) is 0 Å². The summed E-state index contributed by atoms with van der Waals surface area (Å²) in [7, 11) is 0. The fraction of sp³-hybridized carbons (Fsp3) is 0.385. The number of imidazole rings is 1. The van der Waals surface area contributed by atoms with E-state index < -0.39 is 0 Å². The van der Waals surface area contributed by atoms with Gasteiger partial charge in [0.05, 0.1) is 5.69 Å². The fourth-order valence-electron chi connectivity index (χ4n) is 2.40. The van der Waals surface area contributed by atoms with E-state index in [2.05, 4.69) is 10.3 Å². The molecule has 0 atom stereocenters. The van der Waals surface area contributed by atoms with Crippen LogP contribution in [0.25, 0.3) is 11.0 Å². The molecule has 0 aromatic carbocycles. The first kappa shape index (κ1) is 12.7. The van der Waals surface area contributed by atoms with Gasteiger partial charge < -0.3 is 5.32 Å². The highest BCUT2D eigenvalue weighted by molar-refractivity contribution is 7.15. The molecule has 2 aromatic rings. The van der Waals surface area contributed by atoms with E-state index >= 15 is 0 Å². The summed E-state index contributed by atoms with van der Waals surface area (Å²) in [4.78, 5) is 16.9. The first-order valence-electron chi connectivity index (χ1n) is 6.33. The van der Waals surface area contributed by atoms with Gasteiger partial charge >= 0.3 is 0 Å². The summed E-state index contributed by atoms with van der Waals surface area (Å²) < 4.78 is 1.88. The predicted octanol–water partition coefficient (Wildman–Crippen LogP) is 3.12. The number of hydrogen-bond acceptors (Lipinski definition) is 3. The highest BCUT2D eigenvalue weighted by atomic mass is 35.5. The number of thiazole rings is 1. The lowest BCUT2D eigenvalue weighted by atomic mass is 10.2. The van der Waals surface area contributed by atoms with Gasteiger partial charge in [-0.25, -0.2) is 4.98 Å². The molecule has 2 aromatic heterocycles. The molecule has 0 bridgehead atoms. The molecule has 1 saturated carbocycles. The van der Waals surface area contributed by atoms with Crippen LogP contribution in [-0.2, 0) is 4.79 Å². The Labute approximate surface area is 120 Å². The fourth-order valence-corrected chi connectivity index (χ4v) is 3.41. The monoisotopic (exact) mass is 295 g/mol.